The molecule has 0 spiro atoms. The third kappa shape index (κ3) is 5.58. The quantitative estimate of drug-likeness (QED) is 0.717. The van der Waals surface area contributed by atoms with Gasteiger partial charge in [-0.3, -0.25) is 9.69 Å². The maximum Gasteiger partial charge on any atom is 0.251 e. The Bertz CT molecular complexity index is 708. The van der Waals surface area contributed by atoms with Crippen molar-refractivity contribution in [3.8, 4) is 0 Å². The van der Waals surface area contributed by atoms with Crippen molar-refractivity contribution in [1.82, 2.24) is 10.2 Å². The van der Waals surface area contributed by atoms with Crippen LogP contribution in [0.5, 0.6) is 0 Å². The fraction of sp³-hybridized carbons (Fsp3) is 0.409. The topological polar surface area (TPSA) is 32.3 Å². The number of piperidine rings is 1. The first-order chi connectivity index (χ1) is 12.7. The van der Waals surface area contributed by atoms with Crippen LogP contribution in [0.25, 0.3) is 0 Å². The van der Waals surface area contributed by atoms with E-state index in [0.717, 1.165) is 35.5 Å². The minimum Gasteiger partial charge on any atom is -0.352 e. The Morgan fingerprint density at radius 1 is 1.00 bits per heavy atom. The highest BCUT2D eigenvalue weighted by molar-refractivity contribution is 6.31. The maximum atomic E-state index is 12.3. The second-order valence-electron chi connectivity index (χ2n) is 6.98. The van der Waals surface area contributed by atoms with Crippen LogP contribution in [0.2, 0.25) is 5.02 Å². The lowest BCUT2D eigenvalue weighted by Gasteiger charge is -2.26. The summed E-state index contributed by atoms with van der Waals surface area (Å²) in [6.45, 7) is 4.01. The third-order valence-corrected chi connectivity index (χ3v) is 5.31. The monoisotopic (exact) mass is 370 g/mol. The average Bonchev–Trinajstić information content (AvgIpc) is 2.68. The van der Waals surface area contributed by atoms with E-state index < -0.39 is 0 Å². The van der Waals surface area contributed by atoms with Crippen molar-refractivity contribution in [1.29, 1.82) is 0 Å². The van der Waals surface area contributed by atoms with Crippen LogP contribution >= 0.6 is 11.6 Å². The third-order valence-electron chi connectivity index (χ3n) is 4.94. The number of nitrogens with zero attached hydrogens (tertiary/aromatic N) is 1. The van der Waals surface area contributed by atoms with E-state index in [0.29, 0.717) is 6.54 Å². The summed E-state index contributed by atoms with van der Waals surface area (Å²) in [5.74, 6) is -0.00585. The van der Waals surface area contributed by atoms with Crippen LogP contribution in [-0.4, -0.2) is 30.4 Å². The molecule has 0 aromatic heterocycles. The van der Waals surface area contributed by atoms with Gasteiger partial charge in [0.05, 0.1) is 0 Å². The summed E-state index contributed by atoms with van der Waals surface area (Å²) in [5.41, 5.74) is 3.14. The van der Waals surface area contributed by atoms with Crippen molar-refractivity contribution in [2.45, 2.75) is 38.6 Å². The molecule has 138 valence electrons. The lowest BCUT2D eigenvalue weighted by Crippen LogP contribution is -2.29. The smallest absolute Gasteiger partial charge is 0.251 e. The van der Waals surface area contributed by atoms with Crippen LogP contribution in [0, 0.1) is 0 Å². The average molecular weight is 371 g/mol. The highest BCUT2D eigenvalue weighted by Gasteiger charge is 2.11. The molecule has 26 heavy (non-hydrogen) atoms. The molecule has 0 atom stereocenters. The summed E-state index contributed by atoms with van der Waals surface area (Å²) >= 11 is 6.16. The maximum absolute atomic E-state index is 12.3. The summed E-state index contributed by atoms with van der Waals surface area (Å²) < 4.78 is 0. The van der Waals surface area contributed by atoms with E-state index in [2.05, 4.69) is 22.3 Å². The predicted octanol–water partition coefficient (Wildman–Crippen LogP) is 4.69. The van der Waals surface area contributed by atoms with Crippen LogP contribution in [0.3, 0.4) is 0 Å². The standard InChI is InChI=1S/C22H27ClN2O/c23-21-9-3-2-7-19(21)8-6-14-24-22(26)20-12-10-18(11-13-20)17-25-15-4-1-5-16-25/h2-3,7,9-13H,1,4-6,8,14-17H2,(H,24,26). The number of amides is 1. The van der Waals surface area contributed by atoms with Crippen molar-refractivity contribution < 1.29 is 4.79 Å². The number of carbonyl (C=O) groups excluding carboxylic acids is 1. The minimum absolute atomic E-state index is 0.00585. The van der Waals surface area contributed by atoms with E-state index in [1.165, 1.54) is 37.9 Å². The number of halogens is 1. The van der Waals surface area contributed by atoms with Gasteiger partial charge in [-0.15, -0.1) is 0 Å². The molecule has 0 radical (unpaired) electrons. The van der Waals surface area contributed by atoms with Gasteiger partial charge in [0.25, 0.3) is 5.91 Å². The zero-order valence-electron chi connectivity index (χ0n) is 15.2. The molecule has 1 heterocycles. The SMILES string of the molecule is O=C(NCCCc1ccccc1Cl)c1ccc(CN2CCCCC2)cc1. The lowest BCUT2D eigenvalue weighted by molar-refractivity contribution is 0.0953. The van der Waals surface area contributed by atoms with Crippen LogP contribution in [0.1, 0.15) is 47.2 Å². The van der Waals surface area contributed by atoms with Gasteiger partial charge in [0.2, 0.25) is 0 Å². The number of likely N-dealkylation sites (tertiary alicyclic amines) is 1. The number of hydrogen-bond acceptors (Lipinski definition) is 2. The molecule has 3 nitrogen and oxygen atoms in total. The van der Waals surface area contributed by atoms with Crippen LogP contribution in [-0.2, 0) is 13.0 Å². The zero-order chi connectivity index (χ0) is 18.2. The number of nitrogens with one attached hydrogen (secondary N) is 1. The normalized spacial score (nSPS) is 15.0. The molecule has 0 aliphatic carbocycles. The van der Waals surface area contributed by atoms with Crippen molar-refractivity contribution in [2.24, 2.45) is 0 Å². The summed E-state index contributed by atoms with van der Waals surface area (Å²) in [7, 11) is 0. The summed E-state index contributed by atoms with van der Waals surface area (Å²) in [6.07, 6.45) is 5.70. The van der Waals surface area contributed by atoms with Crippen LogP contribution in [0.15, 0.2) is 48.5 Å². The number of rotatable bonds is 7. The summed E-state index contributed by atoms with van der Waals surface area (Å²) in [5, 5.41) is 3.79. The first kappa shape index (κ1) is 18.9. The fourth-order valence-electron chi connectivity index (χ4n) is 3.42. The van der Waals surface area contributed by atoms with E-state index in [1.54, 1.807) is 0 Å². The van der Waals surface area contributed by atoms with Crippen LogP contribution in [0.4, 0.5) is 0 Å². The second-order valence-corrected chi connectivity index (χ2v) is 7.39. The molecular formula is C22H27ClN2O. The molecule has 2 aromatic carbocycles. The molecule has 1 aliphatic heterocycles. The first-order valence-corrected chi connectivity index (χ1v) is 9.93. The Morgan fingerprint density at radius 2 is 1.73 bits per heavy atom. The fourth-order valence-corrected chi connectivity index (χ4v) is 3.65. The highest BCUT2D eigenvalue weighted by atomic mass is 35.5. The number of benzene rings is 2. The van der Waals surface area contributed by atoms with E-state index in [4.69, 9.17) is 11.6 Å². The summed E-state index contributed by atoms with van der Waals surface area (Å²) in [6, 6.07) is 15.9. The number of carbonyl (C=O) groups is 1. The van der Waals surface area contributed by atoms with Gasteiger partial charge in [-0.25, -0.2) is 0 Å². The van der Waals surface area contributed by atoms with Crippen LogP contribution < -0.4 is 5.32 Å². The minimum atomic E-state index is -0.00585. The van der Waals surface area contributed by atoms with Gasteiger partial charge >= 0.3 is 0 Å². The Morgan fingerprint density at radius 3 is 2.46 bits per heavy atom. The Kier molecular flexibility index (Phi) is 7.10. The lowest BCUT2D eigenvalue weighted by atomic mass is 10.1. The van der Waals surface area contributed by atoms with E-state index in [1.807, 2.05) is 36.4 Å². The molecule has 4 heteroatoms. The van der Waals surface area contributed by atoms with Gasteiger partial charge in [-0.05, 0) is 68.1 Å². The van der Waals surface area contributed by atoms with Gasteiger partial charge in [0.15, 0.2) is 0 Å². The Hall–Kier alpha value is -1.84. The largest absolute Gasteiger partial charge is 0.352 e. The molecule has 1 N–H and O–H groups in total. The Labute approximate surface area is 161 Å². The molecule has 2 aromatic rings. The first-order valence-electron chi connectivity index (χ1n) is 9.55. The molecule has 1 amide bonds. The molecule has 0 bridgehead atoms. The molecule has 1 fully saturated rings. The van der Waals surface area contributed by atoms with E-state index in [9.17, 15) is 4.79 Å². The second kappa shape index (κ2) is 9.75. The van der Waals surface area contributed by atoms with Gasteiger partial charge < -0.3 is 5.32 Å². The number of aryl methyl sites for hydroxylation is 1. The molecule has 0 unspecified atom stereocenters. The van der Waals surface area contributed by atoms with Crippen molar-refractivity contribution >= 4 is 17.5 Å². The van der Waals surface area contributed by atoms with Crippen molar-refractivity contribution in [3.05, 3.63) is 70.2 Å². The summed E-state index contributed by atoms with van der Waals surface area (Å²) in [4.78, 5) is 14.8. The van der Waals surface area contributed by atoms with Gasteiger partial charge in [0.1, 0.15) is 0 Å². The van der Waals surface area contributed by atoms with E-state index >= 15 is 0 Å². The molecule has 0 saturated carbocycles. The van der Waals surface area contributed by atoms with Crippen molar-refractivity contribution in [2.75, 3.05) is 19.6 Å². The van der Waals surface area contributed by atoms with Gasteiger partial charge in [0, 0.05) is 23.7 Å². The van der Waals surface area contributed by atoms with Gasteiger partial charge in [-0.2, -0.15) is 0 Å². The molecule has 1 saturated heterocycles. The number of hydrogen-bond donors (Lipinski definition) is 1. The zero-order valence-corrected chi connectivity index (χ0v) is 16.0. The van der Waals surface area contributed by atoms with Gasteiger partial charge in [-0.1, -0.05) is 48.4 Å². The molecule has 3 rings (SSSR count). The Balaban J connectivity index is 1.42. The molecular weight excluding hydrogens is 344 g/mol. The predicted molar refractivity (Wildman–Crippen MR) is 108 cm³/mol. The highest BCUT2D eigenvalue weighted by Crippen LogP contribution is 2.16. The van der Waals surface area contributed by atoms with E-state index in [-0.39, 0.29) is 5.91 Å². The van der Waals surface area contributed by atoms with Crippen molar-refractivity contribution in [3.63, 3.8) is 0 Å². The molecule has 1 aliphatic rings.